The van der Waals surface area contributed by atoms with Crippen LogP contribution in [-0.4, -0.2) is 42.7 Å². The summed E-state index contributed by atoms with van der Waals surface area (Å²) in [6.45, 7) is 4.79. The monoisotopic (exact) mass is 399 g/mol. The molecule has 2 heterocycles. The van der Waals surface area contributed by atoms with E-state index in [9.17, 15) is 8.42 Å². The van der Waals surface area contributed by atoms with Gasteiger partial charge in [0.15, 0.2) is 0 Å². The number of nitrogens with zero attached hydrogens (tertiary/aromatic N) is 2. The maximum absolute atomic E-state index is 13.1. The molecule has 1 aliphatic heterocycles. The minimum absolute atomic E-state index is 0.269. The third-order valence-electron chi connectivity index (χ3n) is 4.02. The van der Waals surface area contributed by atoms with E-state index in [1.54, 1.807) is 24.3 Å². The van der Waals surface area contributed by atoms with Gasteiger partial charge in [-0.25, -0.2) is 8.42 Å². The molecule has 0 radical (unpaired) electrons. The zero-order chi connectivity index (χ0) is 16.6. The number of hydrogen-bond acceptors (Lipinski definition) is 4. The average molecular weight is 400 g/mol. The molecule has 0 bridgehead atoms. The number of rotatable bonds is 3. The van der Waals surface area contributed by atoms with E-state index in [1.807, 2.05) is 13.8 Å². The summed E-state index contributed by atoms with van der Waals surface area (Å²) in [5, 5.41) is 7.11. The van der Waals surface area contributed by atoms with Gasteiger partial charge in [0.1, 0.15) is 0 Å². The Morgan fingerprint density at radius 2 is 2.09 bits per heavy atom. The van der Waals surface area contributed by atoms with E-state index in [0.29, 0.717) is 24.2 Å². The smallest absolute Gasteiger partial charge is 0.244 e. The zero-order valence-corrected chi connectivity index (χ0v) is 15.3. The van der Waals surface area contributed by atoms with Gasteiger partial charge in [-0.3, -0.25) is 5.10 Å². The number of hydrogen-bond donors (Lipinski definition) is 1. The van der Waals surface area contributed by atoms with Crippen LogP contribution in [0.25, 0.3) is 0 Å². The molecule has 1 aromatic carbocycles. The van der Waals surface area contributed by atoms with Crippen molar-refractivity contribution in [3.05, 3.63) is 45.7 Å². The van der Waals surface area contributed by atoms with Gasteiger partial charge in [-0.1, -0.05) is 12.1 Å². The lowest BCUT2D eigenvalue weighted by molar-refractivity contribution is 0.0316. The van der Waals surface area contributed by atoms with Gasteiger partial charge in [0.2, 0.25) is 10.0 Å². The molecule has 6 nitrogen and oxygen atoms in total. The quantitative estimate of drug-likeness (QED) is 0.860. The molecular formula is C15H18BrN3O3S. The first-order chi connectivity index (χ1) is 10.9. The summed E-state index contributed by atoms with van der Waals surface area (Å²) in [7, 11) is -3.64. The number of aromatic nitrogens is 2. The number of ether oxygens (including phenoxy) is 1. The molecule has 0 aliphatic carbocycles. The highest BCUT2D eigenvalue weighted by Gasteiger charge is 2.37. The first-order valence-electron chi connectivity index (χ1n) is 7.28. The maximum Gasteiger partial charge on any atom is 0.244 e. The van der Waals surface area contributed by atoms with E-state index >= 15 is 0 Å². The van der Waals surface area contributed by atoms with Gasteiger partial charge in [0.05, 0.1) is 29.8 Å². The van der Waals surface area contributed by atoms with Crippen molar-refractivity contribution < 1.29 is 13.2 Å². The van der Waals surface area contributed by atoms with Gasteiger partial charge in [-0.15, -0.1) is 0 Å². The second-order valence-electron chi connectivity index (χ2n) is 5.48. The van der Waals surface area contributed by atoms with E-state index < -0.39 is 10.0 Å². The van der Waals surface area contributed by atoms with Crippen molar-refractivity contribution in [3.63, 3.8) is 0 Å². The molecule has 1 aromatic heterocycles. The topological polar surface area (TPSA) is 75.3 Å². The number of aryl methyl sites for hydroxylation is 2. The van der Waals surface area contributed by atoms with Crippen LogP contribution in [0.3, 0.4) is 0 Å². The lowest BCUT2D eigenvalue weighted by atomic mass is 10.1. The third-order valence-corrected chi connectivity index (χ3v) is 6.94. The van der Waals surface area contributed by atoms with Gasteiger partial charge in [-0.05, 0) is 41.9 Å². The van der Waals surface area contributed by atoms with Crippen molar-refractivity contribution in [2.24, 2.45) is 0 Å². The lowest BCUT2D eigenvalue weighted by Crippen LogP contribution is -2.43. The first-order valence-corrected chi connectivity index (χ1v) is 9.52. The first kappa shape index (κ1) is 16.6. The molecule has 2 aromatic rings. The van der Waals surface area contributed by atoms with E-state index in [0.717, 1.165) is 17.0 Å². The zero-order valence-electron chi connectivity index (χ0n) is 12.9. The summed E-state index contributed by atoms with van der Waals surface area (Å²) < 4.78 is 33.9. The molecule has 0 amide bonds. The molecule has 8 heteroatoms. The molecule has 124 valence electrons. The van der Waals surface area contributed by atoms with E-state index in [1.165, 1.54) is 4.31 Å². The van der Waals surface area contributed by atoms with Crippen LogP contribution < -0.4 is 0 Å². The Morgan fingerprint density at radius 1 is 1.35 bits per heavy atom. The number of nitrogens with one attached hydrogen (secondary N) is 1. The van der Waals surface area contributed by atoms with Crippen molar-refractivity contribution >= 4 is 26.0 Å². The summed E-state index contributed by atoms with van der Waals surface area (Å²) >= 11 is 3.34. The SMILES string of the molecule is Cc1n[nH]c(C)c1[C@@H]1COCCN1S(=O)(=O)c1ccccc1Br. The van der Waals surface area contributed by atoms with Crippen LogP contribution in [0.15, 0.2) is 33.6 Å². The summed E-state index contributed by atoms with van der Waals surface area (Å²) in [6.07, 6.45) is 0. The molecule has 1 N–H and O–H groups in total. The van der Waals surface area contributed by atoms with Gasteiger partial charge in [0.25, 0.3) is 0 Å². The Kier molecular flexibility index (Phi) is 4.59. The number of aromatic amines is 1. The number of H-pyrrole nitrogens is 1. The molecule has 1 aliphatic rings. The third kappa shape index (κ3) is 2.96. The highest BCUT2D eigenvalue weighted by atomic mass is 79.9. The van der Waals surface area contributed by atoms with Crippen molar-refractivity contribution in [2.75, 3.05) is 19.8 Å². The van der Waals surface area contributed by atoms with Crippen LogP contribution in [0.2, 0.25) is 0 Å². The summed E-state index contributed by atoms with van der Waals surface area (Å²) in [4.78, 5) is 0.269. The Labute approximate surface area is 144 Å². The van der Waals surface area contributed by atoms with Crippen molar-refractivity contribution in [1.82, 2.24) is 14.5 Å². The van der Waals surface area contributed by atoms with Crippen molar-refractivity contribution in [3.8, 4) is 0 Å². The largest absolute Gasteiger partial charge is 0.378 e. The molecule has 0 saturated carbocycles. The standard InChI is InChI=1S/C15H18BrN3O3S/c1-10-15(11(2)18-17-10)13-9-22-8-7-19(13)23(20,21)14-6-4-3-5-12(14)16/h3-6,13H,7-9H2,1-2H3,(H,17,18)/t13-/m0/s1. The Balaban J connectivity index is 2.07. The molecule has 0 unspecified atom stereocenters. The van der Waals surface area contributed by atoms with Crippen molar-refractivity contribution in [2.45, 2.75) is 24.8 Å². The van der Waals surface area contributed by atoms with Crippen molar-refractivity contribution in [1.29, 1.82) is 0 Å². The Hall–Kier alpha value is -1.22. The highest BCUT2D eigenvalue weighted by molar-refractivity contribution is 9.10. The van der Waals surface area contributed by atoms with Crippen LogP contribution >= 0.6 is 15.9 Å². The number of benzene rings is 1. The van der Waals surface area contributed by atoms with E-state index in [-0.39, 0.29) is 10.9 Å². The second-order valence-corrected chi connectivity index (χ2v) is 8.20. The molecule has 23 heavy (non-hydrogen) atoms. The average Bonchev–Trinajstić information content (AvgIpc) is 2.86. The van der Waals surface area contributed by atoms with Gasteiger partial charge in [-0.2, -0.15) is 9.40 Å². The lowest BCUT2D eigenvalue weighted by Gasteiger charge is -2.35. The van der Waals surface area contributed by atoms with Gasteiger partial charge in [0, 0.05) is 22.3 Å². The number of sulfonamides is 1. The van der Waals surface area contributed by atoms with Crippen LogP contribution in [0, 0.1) is 13.8 Å². The Morgan fingerprint density at radius 3 is 2.74 bits per heavy atom. The van der Waals surface area contributed by atoms with Crippen LogP contribution in [0.5, 0.6) is 0 Å². The molecular weight excluding hydrogens is 382 g/mol. The fourth-order valence-corrected chi connectivity index (χ4v) is 5.47. The minimum Gasteiger partial charge on any atom is -0.378 e. The fraction of sp³-hybridized carbons (Fsp3) is 0.400. The summed E-state index contributed by atoms with van der Waals surface area (Å²) in [5.41, 5.74) is 2.55. The molecule has 3 rings (SSSR count). The summed E-state index contributed by atoms with van der Waals surface area (Å²) in [5.74, 6) is 0. The Bertz CT molecular complexity index is 800. The highest BCUT2D eigenvalue weighted by Crippen LogP contribution is 2.34. The molecule has 1 atom stereocenters. The molecule has 1 saturated heterocycles. The predicted octanol–water partition coefficient (Wildman–Crippen LogP) is 2.55. The fourth-order valence-electron chi connectivity index (χ4n) is 2.93. The van der Waals surface area contributed by atoms with E-state index in [4.69, 9.17) is 4.74 Å². The number of halogens is 1. The minimum atomic E-state index is -3.64. The maximum atomic E-state index is 13.1. The van der Waals surface area contributed by atoms with Crippen LogP contribution in [0.4, 0.5) is 0 Å². The number of morpholine rings is 1. The predicted molar refractivity (Wildman–Crippen MR) is 89.7 cm³/mol. The van der Waals surface area contributed by atoms with Gasteiger partial charge >= 0.3 is 0 Å². The molecule has 1 fully saturated rings. The van der Waals surface area contributed by atoms with Crippen LogP contribution in [-0.2, 0) is 14.8 Å². The van der Waals surface area contributed by atoms with Crippen LogP contribution in [0.1, 0.15) is 23.0 Å². The van der Waals surface area contributed by atoms with Gasteiger partial charge < -0.3 is 4.74 Å². The van der Waals surface area contributed by atoms with E-state index in [2.05, 4.69) is 26.1 Å². The normalized spacial score (nSPS) is 19.9. The second kappa shape index (κ2) is 6.35. The summed E-state index contributed by atoms with van der Waals surface area (Å²) in [6, 6.07) is 6.49. The molecule has 0 spiro atoms.